The Kier molecular flexibility index (Phi) is 6.01. The van der Waals surface area contributed by atoms with Crippen molar-refractivity contribution < 1.29 is 18.7 Å². The Bertz CT molecular complexity index is 706. The summed E-state index contributed by atoms with van der Waals surface area (Å²) in [6.07, 6.45) is 3.23. The maximum Gasteiger partial charge on any atom is 0.310 e. The van der Waals surface area contributed by atoms with Crippen molar-refractivity contribution in [2.24, 2.45) is 5.92 Å². The van der Waals surface area contributed by atoms with Crippen molar-refractivity contribution in [2.75, 3.05) is 13.7 Å². The molecule has 126 valence electrons. The molecule has 1 heterocycles. The predicted molar refractivity (Wildman–Crippen MR) is 86.6 cm³/mol. The molecule has 1 unspecified atom stereocenters. The molecule has 0 saturated carbocycles. The number of esters is 1. The Morgan fingerprint density at radius 3 is 2.50 bits per heavy atom. The predicted octanol–water partition coefficient (Wildman–Crippen LogP) is 2.67. The normalized spacial score (nSPS) is 11.6. The number of hydrogen-bond acceptors (Lipinski definition) is 4. The van der Waals surface area contributed by atoms with Gasteiger partial charge in [0.05, 0.1) is 18.6 Å². The van der Waals surface area contributed by atoms with Crippen molar-refractivity contribution >= 4 is 11.9 Å². The van der Waals surface area contributed by atoms with Gasteiger partial charge in [0.15, 0.2) is 0 Å². The first-order valence-electron chi connectivity index (χ1n) is 7.53. The van der Waals surface area contributed by atoms with E-state index in [-0.39, 0.29) is 18.7 Å². The van der Waals surface area contributed by atoms with Crippen LogP contribution >= 0.6 is 0 Å². The van der Waals surface area contributed by atoms with E-state index in [0.717, 1.165) is 5.56 Å². The molecule has 0 radical (unpaired) electrons. The third-order valence-electron chi connectivity index (χ3n) is 3.61. The molecule has 2 aromatic rings. The van der Waals surface area contributed by atoms with Gasteiger partial charge in [-0.25, -0.2) is 4.39 Å². The number of nitrogens with zero attached hydrogens (tertiary/aromatic N) is 2. The quantitative estimate of drug-likeness (QED) is 0.764. The summed E-state index contributed by atoms with van der Waals surface area (Å²) in [5, 5.41) is 0. The number of rotatable bonds is 6. The number of hydrogen-bond donors (Lipinski definition) is 0. The van der Waals surface area contributed by atoms with Crippen LogP contribution < -0.4 is 0 Å². The average Bonchev–Trinajstić information content (AvgIpc) is 2.61. The molecule has 0 aliphatic carbocycles. The number of benzene rings is 1. The molecule has 6 heteroatoms. The molecule has 0 aliphatic rings. The Morgan fingerprint density at radius 1 is 1.21 bits per heavy atom. The summed E-state index contributed by atoms with van der Waals surface area (Å²) in [5.41, 5.74) is 0.815. The van der Waals surface area contributed by atoms with Gasteiger partial charge < -0.3 is 9.64 Å². The van der Waals surface area contributed by atoms with Crippen molar-refractivity contribution in [3.05, 3.63) is 65.7 Å². The number of halogens is 1. The van der Waals surface area contributed by atoms with Gasteiger partial charge >= 0.3 is 5.97 Å². The van der Waals surface area contributed by atoms with Crippen LogP contribution in [-0.4, -0.2) is 35.4 Å². The summed E-state index contributed by atoms with van der Waals surface area (Å²) in [4.78, 5) is 29.8. The summed E-state index contributed by atoms with van der Waals surface area (Å²) < 4.78 is 18.7. The topological polar surface area (TPSA) is 59.5 Å². The highest BCUT2D eigenvalue weighted by Crippen LogP contribution is 2.15. The highest BCUT2D eigenvalue weighted by atomic mass is 19.1. The van der Waals surface area contributed by atoms with Crippen LogP contribution in [0.15, 0.2) is 48.8 Å². The average molecular weight is 330 g/mol. The van der Waals surface area contributed by atoms with Crippen molar-refractivity contribution in [1.29, 1.82) is 0 Å². The lowest BCUT2D eigenvalue weighted by Gasteiger charge is -2.25. The standard InChI is InChI=1S/C18H19FN2O3/c1-13(18(23)24-2)11-21(12-14-7-9-20-10-8-14)17(22)15-5-3-4-6-16(15)19/h3-10,13H,11-12H2,1-2H3. The molecule has 1 amide bonds. The van der Waals surface area contributed by atoms with Gasteiger partial charge in [0.2, 0.25) is 0 Å². The fraction of sp³-hybridized carbons (Fsp3) is 0.278. The molecule has 0 aliphatic heterocycles. The van der Waals surface area contributed by atoms with Crippen LogP contribution in [0.5, 0.6) is 0 Å². The summed E-state index contributed by atoms with van der Waals surface area (Å²) >= 11 is 0. The molecular formula is C18H19FN2O3. The first-order valence-corrected chi connectivity index (χ1v) is 7.53. The maximum atomic E-state index is 14.0. The van der Waals surface area contributed by atoms with Gasteiger partial charge in [-0.1, -0.05) is 19.1 Å². The molecule has 1 atom stereocenters. The first-order chi connectivity index (χ1) is 11.5. The fourth-order valence-electron chi connectivity index (χ4n) is 2.34. The SMILES string of the molecule is COC(=O)C(C)CN(Cc1ccncc1)C(=O)c1ccccc1F. The third-order valence-corrected chi connectivity index (χ3v) is 3.61. The lowest BCUT2D eigenvalue weighted by Crippen LogP contribution is -2.37. The number of aromatic nitrogens is 1. The van der Waals surface area contributed by atoms with Crippen LogP contribution in [0.2, 0.25) is 0 Å². The second-order valence-corrected chi connectivity index (χ2v) is 5.45. The van der Waals surface area contributed by atoms with Gasteiger partial charge in [-0.05, 0) is 29.8 Å². The van der Waals surface area contributed by atoms with Crippen LogP contribution in [-0.2, 0) is 16.1 Å². The van der Waals surface area contributed by atoms with Gasteiger partial charge in [-0.2, -0.15) is 0 Å². The number of carbonyl (C=O) groups is 2. The first kappa shape index (κ1) is 17.6. The third kappa shape index (κ3) is 4.38. The van der Waals surface area contributed by atoms with Crippen LogP contribution in [0.4, 0.5) is 4.39 Å². The largest absolute Gasteiger partial charge is 0.469 e. The van der Waals surface area contributed by atoms with Gasteiger partial charge in [0, 0.05) is 25.5 Å². The zero-order valence-electron chi connectivity index (χ0n) is 13.6. The summed E-state index contributed by atoms with van der Waals surface area (Å²) in [7, 11) is 1.30. The van der Waals surface area contributed by atoms with Crippen LogP contribution in [0.3, 0.4) is 0 Å². The molecule has 1 aromatic heterocycles. The number of ether oxygens (including phenoxy) is 1. The molecule has 0 saturated heterocycles. The van der Waals surface area contributed by atoms with E-state index in [1.165, 1.54) is 30.2 Å². The van der Waals surface area contributed by atoms with Gasteiger partial charge in [0.25, 0.3) is 5.91 Å². The summed E-state index contributed by atoms with van der Waals surface area (Å²) in [5.74, 6) is -2.00. The minimum atomic E-state index is -0.590. The van der Waals surface area contributed by atoms with E-state index in [2.05, 4.69) is 4.98 Å². The zero-order chi connectivity index (χ0) is 17.5. The van der Waals surface area contributed by atoms with E-state index in [1.807, 2.05) is 0 Å². The Labute approximate surface area is 140 Å². The number of carbonyl (C=O) groups excluding carboxylic acids is 2. The zero-order valence-corrected chi connectivity index (χ0v) is 13.6. The molecule has 1 aromatic carbocycles. The van der Waals surface area contributed by atoms with E-state index in [4.69, 9.17) is 4.74 Å². The lowest BCUT2D eigenvalue weighted by molar-refractivity contribution is -0.145. The second kappa shape index (κ2) is 8.19. The smallest absolute Gasteiger partial charge is 0.310 e. The monoisotopic (exact) mass is 330 g/mol. The van der Waals surface area contributed by atoms with E-state index in [1.54, 1.807) is 37.5 Å². The molecule has 0 fully saturated rings. The Hall–Kier alpha value is -2.76. The minimum absolute atomic E-state index is 0.0244. The van der Waals surface area contributed by atoms with Gasteiger partial charge in [-0.15, -0.1) is 0 Å². The Morgan fingerprint density at radius 2 is 1.88 bits per heavy atom. The van der Waals surface area contributed by atoms with Gasteiger partial charge in [0.1, 0.15) is 5.82 Å². The molecule has 0 N–H and O–H groups in total. The van der Waals surface area contributed by atoms with Crippen LogP contribution in [0.25, 0.3) is 0 Å². The molecule has 2 rings (SSSR count). The van der Waals surface area contributed by atoms with Crippen LogP contribution in [0.1, 0.15) is 22.8 Å². The highest BCUT2D eigenvalue weighted by molar-refractivity contribution is 5.94. The molecular weight excluding hydrogens is 311 g/mol. The van der Waals surface area contributed by atoms with Crippen LogP contribution in [0, 0.1) is 11.7 Å². The highest BCUT2D eigenvalue weighted by Gasteiger charge is 2.24. The van der Waals surface area contributed by atoms with Crippen molar-refractivity contribution in [3.8, 4) is 0 Å². The number of methoxy groups -OCH3 is 1. The molecule has 5 nitrogen and oxygen atoms in total. The van der Waals surface area contributed by atoms with E-state index >= 15 is 0 Å². The number of pyridine rings is 1. The fourth-order valence-corrected chi connectivity index (χ4v) is 2.34. The lowest BCUT2D eigenvalue weighted by atomic mass is 10.1. The van der Waals surface area contributed by atoms with Crippen molar-refractivity contribution in [1.82, 2.24) is 9.88 Å². The maximum absolute atomic E-state index is 14.0. The summed E-state index contributed by atoms with van der Waals surface area (Å²) in [6.45, 7) is 2.04. The Balaban J connectivity index is 2.26. The van der Waals surface area contributed by atoms with Crippen molar-refractivity contribution in [3.63, 3.8) is 0 Å². The van der Waals surface area contributed by atoms with E-state index in [9.17, 15) is 14.0 Å². The molecule has 0 bridgehead atoms. The second-order valence-electron chi connectivity index (χ2n) is 5.45. The number of amides is 1. The van der Waals surface area contributed by atoms with Crippen molar-refractivity contribution in [2.45, 2.75) is 13.5 Å². The van der Waals surface area contributed by atoms with Gasteiger partial charge in [-0.3, -0.25) is 14.6 Å². The minimum Gasteiger partial charge on any atom is -0.469 e. The van der Waals surface area contributed by atoms with E-state index in [0.29, 0.717) is 0 Å². The summed E-state index contributed by atoms with van der Waals surface area (Å²) in [6, 6.07) is 9.33. The van der Waals surface area contributed by atoms with E-state index < -0.39 is 23.6 Å². The molecule has 0 spiro atoms. The molecule has 24 heavy (non-hydrogen) atoms.